The Kier molecular flexibility index (Phi) is 6.49. The number of likely N-dealkylation sites (N-methyl/N-ethyl adjacent to an activating group) is 2. The Morgan fingerprint density at radius 2 is 1.95 bits per heavy atom. The standard InChI is InChI=1S/C15H29ClN4/c1-7-15(5,20(9-3)10-4)14(17-8-2)13-12(16)11-18-19(13)6/h11,14,17H,7-10H2,1-6H3. The van der Waals surface area contributed by atoms with Crippen molar-refractivity contribution in [2.45, 2.75) is 52.6 Å². The van der Waals surface area contributed by atoms with Crippen LogP contribution in [0.4, 0.5) is 0 Å². The maximum Gasteiger partial charge on any atom is 0.0834 e. The van der Waals surface area contributed by atoms with Gasteiger partial charge in [0.25, 0.3) is 0 Å². The Morgan fingerprint density at radius 3 is 2.30 bits per heavy atom. The van der Waals surface area contributed by atoms with E-state index < -0.39 is 0 Å². The predicted octanol–water partition coefficient (Wildman–Crippen LogP) is 3.23. The first-order valence-corrected chi connectivity index (χ1v) is 7.99. The molecule has 0 amide bonds. The quantitative estimate of drug-likeness (QED) is 0.800. The first kappa shape index (κ1) is 17.5. The van der Waals surface area contributed by atoms with Crippen LogP contribution >= 0.6 is 11.6 Å². The van der Waals surface area contributed by atoms with Crippen molar-refractivity contribution in [3.05, 3.63) is 16.9 Å². The predicted molar refractivity (Wildman–Crippen MR) is 86.3 cm³/mol. The van der Waals surface area contributed by atoms with E-state index in [1.165, 1.54) is 0 Å². The molecular weight excluding hydrogens is 272 g/mol. The van der Waals surface area contributed by atoms with Crippen LogP contribution in [0.3, 0.4) is 0 Å². The molecule has 0 aliphatic rings. The van der Waals surface area contributed by atoms with Crippen molar-refractivity contribution in [1.29, 1.82) is 0 Å². The van der Waals surface area contributed by atoms with Crippen molar-refractivity contribution in [3.8, 4) is 0 Å². The minimum Gasteiger partial charge on any atom is -0.307 e. The number of aromatic nitrogens is 2. The smallest absolute Gasteiger partial charge is 0.0834 e. The molecule has 1 heterocycles. The summed E-state index contributed by atoms with van der Waals surface area (Å²) in [5.41, 5.74) is 1.08. The van der Waals surface area contributed by atoms with Gasteiger partial charge >= 0.3 is 0 Å². The van der Waals surface area contributed by atoms with Crippen molar-refractivity contribution < 1.29 is 0 Å². The fraction of sp³-hybridized carbons (Fsp3) is 0.800. The van der Waals surface area contributed by atoms with Gasteiger partial charge in [0.15, 0.2) is 0 Å². The summed E-state index contributed by atoms with van der Waals surface area (Å²) >= 11 is 6.39. The fourth-order valence-corrected chi connectivity index (χ4v) is 3.39. The van der Waals surface area contributed by atoms with Crippen LogP contribution in [0.25, 0.3) is 0 Å². The molecule has 1 rings (SSSR count). The molecule has 2 unspecified atom stereocenters. The summed E-state index contributed by atoms with van der Waals surface area (Å²) in [5.74, 6) is 0. The summed E-state index contributed by atoms with van der Waals surface area (Å²) in [6.45, 7) is 14.1. The van der Waals surface area contributed by atoms with Gasteiger partial charge in [-0.15, -0.1) is 0 Å². The maximum atomic E-state index is 6.39. The second kappa shape index (κ2) is 7.43. The van der Waals surface area contributed by atoms with E-state index in [-0.39, 0.29) is 11.6 Å². The molecule has 1 aromatic rings. The zero-order valence-electron chi connectivity index (χ0n) is 13.7. The van der Waals surface area contributed by atoms with Gasteiger partial charge in [-0.3, -0.25) is 9.58 Å². The largest absolute Gasteiger partial charge is 0.307 e. The topological polar surface area (TPSA) is 33.1 Å². The Morgan fingerprint density at radius 1 is 1.35 bits per heavy atom. The summed E-state index contributed by atoms with van der Waals surface area (Å²) in [7, 11) is 1.96. The summed E-state index contributed by atoms with van der Waals surface area (Å²) in [4.78, 5) is 2.50. The third kappa shape index (κ3) is 3.18. The lowest BCUT2D eigenvalue weighted by atomic mass is 9.84. The molecule has 0 saturated carbocycles. The zero-order valence-corrected chi connectivity index (χ0v) is 14.5. The Hall–Kier alpha value is -0.580. The highest BCUT2D eigenvalue weighted by Gasteiger charge is 2.40. The van der Waals surface area contributed by atoms with E-state index in [0.717, 1.165) is 36.8 Å². The average Bonchev–Trinajstić information content (AvgIpc) is 2.76. The molecular formula is C15H29ClN4. The van der Waals surface area contributed by atoms with Crippen LogP contribution in [0, 0.1) is 0 Å². The molecule has 5 heteroatoms. The van der Waals surface area contributed by atoms with Crippen molar-refractivity contribution in [3.63, 3.8) is 0 Å². The van der Waals surface area contributed by atoms with Crippen LogP contribution in [0.2, 0.25) is 5.02 Å². The minimum absolute atomic E-state index is 0.0109. The van der Waals surface area contributed by atoms with Crippen LogP contribution in [-0.4, -0.2) is 39.9 Å². The minimum atomic E-state index is 0.0109. The van der Waals surface area contributed by atoms with Gasteiger partial charge < -0.3 is 5.32 Å². The number of hydrogen-bond donors (Lipinski definition) is 1. The van der Waals surface area contributed by atoms with Crippen LogP contribution < -0.4 is 5.32 Å². The van der Waals surface area contributed by atoms with Crippen LogP contribution in [0.5, 0.6) is 0 Å². The monoisotopic (exact) mass is 300 g/mol. The van der Waals surface area contributed by atoms with Crippen molar-refractivity contribution in [1.82, 2.24) is 20.0 Å². The number of hydrogen-bond acceptors (Lipinski definition) is 3. The molecule has 0 aliphatic heterocycles. The maximum absolute atomic E-state index is 6.39. The second-order valence-electron chi connectivity index (χ2n) is 5.38. The molecule has 20 heavy (non-hydrogen) atoms. The molecule has 0 spiro atoms. The molecule has 4 nitrogen and oxygen atoms in total. The lowest BCUT2D eigenvalue weighted by Gasteiger charge is -2.46. The molecule has 1 aromatic heterocycles. The molecule has 0 aliphatic carbocycles. The van der Waals surface area contributed by atoms with E-state index in [0.29, 0.717) is 0 Å². The summed E-state index contributed by atoms with van der Waals surface area (Å²) in [6.07, 6.45) is 2.79. The van der Waals surface area contributed by atoms with E-state index >= 15 is 0 Å². The molecule has 0 fully saturated rings. The molecule has 116 valence electrons. The third-order valence-corrected chi connectivity index (χ3v) is 4.73. The molecule has 0 saturated heterocycles. The third-order valence-electron chi connectivity index (χ3n) is 4.44. The summed E-state index contributed by atoms with van der Waals surface area (Å²) in [6, 6.07) is 0.164. The van der Waals surface area contributed by atoms with E-state index in [9.17, 15) is 0 Å². The molecule has 1 N–H and O–H groups in total. The van der Waals surface area contributed by atoms with Crippen molar-refractivity contribution in [2.24, 2.45) is 7.05 Å². The van der Waals surface area contributed by atoms with E-state index in [1.807, 2.05) is 11.7 Å². The van der Waals surface area contributed by atoms with Gasteiger partial charge in [-0.25, -0.2) is 0 Å². The van der Waals surface area contributed by atoms with Gasteiger partial charge in [0.05, 0.1) is 23.0 Å². The number of rotatable bonds is 8. The lowest BCUT2D eigenvalue weighted by molar-refractivity contribution is 0.0674. The first-order valence-electron chi connectivity index (χ1n) is 7.61. The van der Waals surface area contributed by atoms with E-state index in [1.54, 1.807) is 6.20 Å². The van der Waals surface area contributed by atoms with Gasteiger partial charge in [-0.05, 0) is 33.0 Å². The average molecular weight is 301 g/mol. The Bertz CT molecular complexity index is 395. The summed E-state index contributed by atoms with van der Waals surface area (Å²) in [5, 5.41) is 8.67. The first-order chi connectivity index (χ1) is 9.46. The highest BCUT2D eigenvalue weighted by atomic mass is 35.5. The fourth-order valence-electron chi connectivity index (χ4n) is 3.12. The highest BCUT2D eigenvalue weighted by molar-refractivity contribution is 6.31. The number of halogens is 1. The highest BCUT2D eigenvalue weighted by Crippen LogP contribution is 2.36. The van der Waals surface area contributed by atoms with Gasteiger partial charge in [-0.1, -0.05) is 39.3 Å². The zero-order chi connectivity index (χ0) is 15.3. The number of aryl methyl sites for hydroxylation is 1. The van der Waals surface area contributed by atoms with Crippen molar-refractivity contribution >= 4 is 11.6 Å². The van der Waals surface area contributed by atoms with Gasteiger partial charge in [-0.2, -0.15) is 5.10 Å². The Balaban J connectivity index is 3.29. The van der Waals surface area contributed by atoms with Gasteiger partial charge in [0, 0.05) is 12.6 Å². The normalized spacial score (nSPS) is 16.4. The molecule has 0 radical (unpaired) electrons. The Labute approximate surface area is 128 Å². The second-order valence-corrected chi connectivity index (χ2v) is 5.78. The number of nitrogens with zero attached hydrogens (tertiary/aromatic N) is 3. The lowest BCUT2D eigenvalue weighted by Crippen LogP contribution is -2.54. The van der Waals surface area contributed by atoms with Crippen LogP contribution in [-0.2, 0) is 7.05 Å². The molecule has 2 atom stereocenters. The van der Waals surface area contributed by atoms with Gasteiger partial charge in [0.2, 0.25) is 0 Å². The number of nitrogens with one attached hydrogen (secondary N) is 1. The summed E-state index contributed by atoms with van der Waals surface area (Å²) < 4.78 is 1.90. The van der Waals surface area contributed by atoms with Gasteiger partial charge in [0.1, 0.15) is 0 Å². The SMILES string of the molecule is CCNC(c1c(Cl)cnn1C)C(C)(CC)N(CC)CC. The molecule has 0 aromatic carbocycles. The van der Waals surface area contributed by atoms with Crippen molar-refractivity contribution in [2.75, 3.05) is 19.6 Å². The van der Waals surface area contributed by atoms with Crippen LogP contribution in [0.15, 0.2) is 6.20 Å². The van der Waals surface area contributed by atoms with E-state index in [2.05, 4.69) is 49.9 Å². The van der Waals surface area contributed by atoms with E-state index in [4.69, 9.17) is 11.6 Å². The molecule has 0 bridgehead atoms. The van der Waals surface area contributed by atoms with Crippen LogP contribution in [0.1, 0.15) is 52.8 Å².